The summed E-state index contributed by atoms with van der Waals surface area (Å²) in [5.41, 5.74) is 2.33. The highest BCUT2D eigenvalue weighted by Gasteiger charge is 2.39. The molecule has 1 saturated carbocycles. The summed E-state index contributed by atoms with van der Waals surface area (Å²) < 4.78 is 5.43. The highest BCUT2D eigenvalue weighted by molar-refractivity contribution is 5.95. The molecular weight excluding hydrogens is 252 g/mol. The lowest BCUT2D eigenvalue weighted by molar-refractivity contribution is -0.120. The summed E-state index contributed by atoms with van der Waals surface area (Å²) in [6, 6.07) is 5.59. The number of hydrogen-bond donors (Lipinski definition) is 1. The Balaban J connectivity index is 1.55. The van der Waals surface area contributed by atoms with Crippen LogP contribution in [0.3, 0.4) is 0 Å². The molecule has 1 aromatic heterocycles. The van der Waals surface area contributed by atoms with Crippen LogP contribution in [0.5, 0.6) is 0 Å². The lowest BCUT2D eigenvalue weighted by atomic mass is 9.93. The van der Waals surface area contributed by atoms with Crippen molar-refractivity contribution >= 4 is 22.7 Å². The van der Waals surface area contributed by atoms with Crippen molar-refractivity contribution < 1.29 is 9.21 Å². The molecule has 1 heterocycles. The van der Waals surface area contributed by atoms with Gasteiger partial charge < -0.3 is 9.73 Å². The van der Waals surface area contributed by atoms with Gasteiger partial charge in [0.2, 0.25) is 5.91 Å². The molecule has 4 heteroatoms. The fourth-order valence-corrected chi connectivity index (χ4v) is 3.44. The maximum atomic E-state index is 12.4. The molecule has 0 radical (unpaired) electrons. The molecule has 0 spiro atoms. The van der Waals surface area contributed by atoms with Gasteiger partial charge >= 0.3 is 0 Å². The second-order valence-corrected chi connectivity index (χ2v) is 5.79. The highest BCUT2D eigenvalue weighted by atomic mass is 16.3. The molecule has 3 atom stereocenters. The van der Waals surface area contributed by atoms with Gasteiger partial charge in [0.1, 0.15) is 5.52 Å². The van der Waals surface area contributed by atoms with E-state index in [1.165, 1.54) is 0 Å². The quantitative estimate of drug-likeness (QED) is 0.850. The Morgan fingerprint density at radius 2 is 2.25 bits per heavy atom. The van der Waals surface area contributed by atoms with E-state index in [4.69, 9.17) is 4.42 Å². The van der Waals surface area contributed by atoms with Gasteiger partial charge in [0.05, 0.1) is 0 Å². The average Bonchev–Trinajstić information content (AvgIpc) is 3.11. The lowest BCUT2D eigenvalue weighted by Crippen LogP contribution is -2.25. The fraction of sp³-hybridized carbons (Fsp3) is 0.375. The molecule has 20 heavy (non-hydrogen) atoms. The number of carbonyl (C=O) groups excluding carboxylic acids is 1. The zero-order valence-corrected chi connectivity index (χ0v) is 11.3. The van der Waals surface area contributed by atoms with Gasteiger partial charge in [0.25, 0.3) is 0 Å². The van der Waals surface area contributed by atoms with E-state index in [-0.39, 0.29) is 11.8 Å². The molecule has 102 valence electrons. The van der Waals surface area contributed by atoms with Crippen LogP contribution < -0.4 is 5.32 Å². The normalized spacial score (nSPS) is 27.4. The lowest BCUT2D eigenvalue weighted by Gasteiger charge is -2.17. The second kappa shape index (κ2) is 4.20. The summed E-state index contributed by atoms with van der Waals surface area (Å²) in [5.74, 6) is 1.93. The van der Waals surface area contributed by atoms with Crippen LogP contribution in [-0.4, -0.2) is 10.9 Å². The monoisotopic (exact) mass is 268 g/mol. The SMILES string of the molecule is Cc1nc2cc(NC(=O)C3CC4C=CC3C4)ccc2o1. The van der Waals surface area contributed by atoms with Crippen LogP contribution in [0.15, 0.2) is 34.8 Å². The van der Waals surface area contributed by atoms with Crippen molar-refractivity contribution in [2.75, 3.05) is 5.32 Å². The topological polar surface area (TPSA) is 55.1 Å². The van der Waals surface area contributed by atoms with Crippen molar-refractivity contribution in [3.63, 3.8) is 0 Å². The number of nitrogens with zero attached hydrogens (tertiary/aromatic N) is 1. The van der Waals surface area contributed by atoms with Crippen molar-refractivity contribution in [2.45, 2.75) is 19.8 Å². The number of benzene rings is 1. The molecule has 1 N–H and O–H groups in total. The zero-order valence-electron chi connectivity index (χ0n) is 11.3. The van der Waals surface area contributed by atoms with Crippen LogP contribution in [0.4, 0.5) is 5.69 Å². The molecule has 2 aliphatic carbocycles. The summed E-state index contributed by atoms with van der Waals surface area (Å²) in [4.78, 5) is 16.6. The van der Waals surface area contributed by atoms with E-state index < -0.39 is 0 Å². The first-order valence-corrected chi connectivity index (χ1v) is 7.05. The van der Waals surface area contributed by atoms with Gasteiger partial charge in [-0.3, -0.25) is 4.79 Å². The predicted octanol–water partition coefficient (Wildman–Crippen LogP) is 3.29. The number of oxazole rings is 1. The maximum absolute atomic E-state index is 12.4. The molecule has 2 aliphatic rings. The molecule has 4 nitrogen and oxygen atoms in total. The van der Waals surface area contributed by atoms with Crippen molar-refractivity contribution in [2.24, 2.45) is 17.8 Å². The Hall–Kier alpha value is -2.10. The van der Waals surface area contributed by atoms with Crippen LogP contribution in [0.25, 0.3) is 11.1 Å². The number of hydrogen-bond acceptors (Lipinski definition) is 3. The van der Waals surface area contributed by atoms with E-state index >= 15 is 0 Å². The Bertz CT molecular complexity index is 716. The van der Waals surface area contributed by atoms with Gasteiger partial charge in [-0.15, -0.1) is 0 Å². The van der Waals surface area contributed by atoms with Crippen LogP contribution >= 0.6 is 0 Å². The second-order valence-electron chi connectivity index (χ2n) is 5.79. The average molecular weight is 268 g/mol. The smallest absolute Gasteiger partial charge is 0.228 e. The van der Waals surface area contributed by atoms with E-state index in [1.807, 2.05) is 25.1 Å². The largest absolute Gasteiger partial charge is 0.441 e. The Labute approximate surface area is 116 Å². The third kappa shape index (κ3) is 1.83. The van der Waals surface area contributed by atoms with Crippen molar-refractivity contribution in [3.8, 4) is 0 Å². The molecule has 0 aliphatic heterocycles. The molecule has 2 aromatic rings. The van der Waals surface area contributed by atoms with Crippen LogP contribution in [0.2, 0.25) is 0 Å². The summed E-state index contributed by atoms with van der Waals surface area (Å²) in [5, 5.41) is 3.02. The zero-order chi connectivity index (χ0) is 13.7. The van der Waals surface area contributed by atoms with E-state index in [2.05, 4.69) is 22.5 Å². The number of allylic oxidation sites excluding steroid dienone is 2. The third-order valence-electron chi connectivity index (χ3n) is 4.38. The molecular formula is C16H16N2O2. The number of fused-ring (bicyclic) bond motifs is 3. The first kappa shape index (κ1) is 11.7. The Kier molecular flexibility index (Phi) is 2.46. The molecule has 4 rings (SSSR count). The van der Waals surface area contributed by atoms with E-state index in [0.29, 0.717) is 17.7 Å². The summed E-state index contributed by atoms with van der Waals surface area (Å²) in [7, 11) is 0. The number of carbonyl (C=O) groups is 1. The Morgan fingerprint density at radius 3 is 3.00 bits per heavy atom. The first-order chi connectivity index (χ1) is 9.69. The van der Waals surface area contributed by atoms with Gasteiger partial charge in [-0.05, 0) is 42.9 Å². The minimum Gasteiger partial charge on any atom is -0.441 e. The number of rotatable bonds is 2. The molecule has 3 unspecified atom stereocenters. The number of anilines is 1. The van der Waals surface area contributed by atoms with Crippen molar-refractivity contribution in [1.82, 2.24) is 4.98 Å². The van der Waals surface area contributed by atoms with Gasteiger partial charge in [-0.2, -0.15) is 0 Å². The van der Waals surface area contributed by atoms with Crippen molar-refractivity contribution in [1.29, 1.82) is 0 Å². The predicted molar refractivity (Wildman–Crippen MR) is 76.2 cm³/mol. The van der Waals surface area contributed by atoms with Gasteiger partial charge in [-0.1, -0.05) is 12.2 Å². The van der Waals surface area contributed by atoms with Crippen LogP contribution in [-0.2, 0) is 4.79 Å². The number of nitrogens with one attached hydrogen (secondary N) is 1. The Morgan fingerprint density at radius 1 is 1.35 bits per heavy atom. The summed E-state index contributed by atoms with van der Waals surface area (Å²) >= 11 is 0. The minimum absolute atomic E-state index is 0.125. The molecule has 1 fully saturated rings. The molecule has 1 aromatic carbocycles. The summed E-state index contributed by atoms with van der Waals surface area (Å²) in [6.07, 6.45) is 6.57. The van der Waals surface area contributed by atoms with E-state index in [9.17, 15) is 4.79 Å². The van der Waals surface area contributed by atoms with Crippen LogP contribution in [0, 0.1) is 24.7 Å². The highest BCUT2D eigenvalue weighted by Crippen LogP contribution is 2.43. The van der Waals surface area contributed by atoms with Crippen LogP contribution in [0.1, 0.15) is 18.7 Å². The van der Waals surface area contributed by atoms with Gasteiger partial charge in [0.15, 0.2) is 11.5 Å². The summed E-state index contributed by atoms with van der Waals surface area (Å²) in [6.45, 7) is 1.82. The minimum atomic E-state index is 0.125. The molecule has 0 saturated heterocycles. The van der Waals surface area contributed by atoms with Gasteiger partial charge in [-0.25, -0.2) is 4.98 Å². The fourth-order valence-electron chi connectivity index (χ4n) is 3.44. The van der Waals surface area contributed by atoms with E-state index in [1.54, 1.807) is 0 Å². The number of aromatic nitrogens is 1. The third-order valence-corrected chi connectivity index (χ3v) is 4.38. The standard InChI is InChI=1S/C16H16N2O2/c1-9-17-14-8-12(4-5-15(14)20-9)18-16(19)13-7-10-2-3-11(13)6-10/h2-5,8,10-11,13H,6-7H2,1H3,(H,18,19). The van der Waals surface area contributed by atoms with E-state index in [0.717, 1.165) is 29.6 Å². The van der Waals surface area contributed by atoms with Crippen molar-refractivity contribution in [3.05, 3.63) is 36.2 Å². The first-order valence-electron chi connectivity index (χ1n) is 7.05. The molecule has 1 amide bonds. The maximum Gasteiger partial charge on any atom is 0.228 e. The number of amides is 1. The number of aryl methyl sites for hydroxylation is 1. The molecule has 2 bridgehead atoms. The van der Waals surface area contributed by atoms with Gasteiger partial charge in [0, 0.05) is 18.5 Å².